The van der Waals surface area contributed by atoms with Crippen LogP contribution in [0.3, 0.4) is 0 Å². The minimum Gasteiger partial charge on any atom is -0.342 e. The van der Waals surface area contributed by atoms with Crippen LogP contribution < -0.4 is 5.73 Å². The minimum absolute atomic E-state index is 0.187. The lowest BCUT2D eigenvalue weighted by molar-refractivity contribution is -0.128. The quantitative estimate of drug-likeness (QED) is 0.675. The predicted octanol–water partition coefficient (Wildman–Crippen LogP) is -0.112. The summed E-state index contributed by atoms with van der Waals surface area (Å²) in [5.74, 6) is 0.187. The summed E-state index contributed by atoms with van der Waals surface area (Å²) in [6, 6.07) is 0.432. The van der Waals surface area contributed by atoms with Crippen molar-refractivity contribution in [1.82, 2.24) is 9.80 Å². The van der Waals surface area contributed by atoms with Crippen LogP contribution in [-0.4, -0.2) is 54.5 Å². The topological polar surface area (TPSA) is 49.6 Å². The van der Waals surface area contributed by atoms with Crippen molar-refractivity contribution in [1.29, 1.82) is 0 Å². The molecule has 0 spiro atoms. The first-order valence-electron chi connectivity index (χ1n) is 5.34. The molecule has 82 valence electrons. The fourth-order valence-electron chi connectivity index (χ4n) is 1.84. The molecule has 14 heavy (non-hydrogen) atoms. The summed E-state index contributed by atoms with van der Waals surface area (Å²) >= 11 is 0. The molecule has 1 aliphatic rings. The van der Waals surface area contributed by atoms with Crippen molar-refractivity contribution in [2.75, 3.05) is 32.7 Å². The second kappa shape index (κ2) is 5.32. The van der Waals surface area contributed by atoms with Crippen molar-refractivity contribution in [3.05, 3.63) is 0 Å². The van der Waals surface area contributed by atoms with E-state index in [0.717, 1.165) is 32.6 Å². The van der Waals surface area contributed by atoms with E-state index in [4.69, 9.17) is 5.73 Å². The van der Waals surface area contributed by atoms with Gasteiger partial charge in [0.1, 0.15) is 0 Å². The second-order valence-corrected chi connectivity index (χ2v) is 3.98. The molecule has 4 nitrogen and oxygen atoms in total. The van der Waals surface area contributed by atoms with Gasteiger partial charge in [-0.1, -0.05) is 0 Å². The molecule has 1 rings (SSSR count). The highest BCUT2D eigenvalue weighted by Crippen LogP contribution is 2.06. The van der Waals surface area contributed by atoms with E-state index in [-0.39, 0.29) is 5.91 Å². The molecular formula is C10H21N3O. The molecule has 1 fully saturated rings. The highest BCUT2D eigenvalue weighted by molar-refractivity contribution is 5.73. The molecule has 4 heteroatoms. The Morgan fingerprint density at radius 2 is 2.07 bits per heavy atom. The monoisotopic (exact) mass is 199 g/mol. The van der Waals surface area contributed by atoms with E-state index < -0.39 is 0 Å². The third kappa shape index (κ3) is 2.96. The number of amides is 1. The summed E-state index contributed by atoms with van der Waals surface area (Å²) in [6.45, 7) is 8.23. The van der Waals surface area contributed by atoms with Crippen molar-refractivity contribution < 1.29 is 4.79 Å². The third-order valence-electron chi connectivity index (χ3n) is 2.94. The fraction of sp³-hybridized carbons (Fsp3) is 0.900. The lowest BCUT2D eigenvalue weighted by Crippen LogP contribution is -2.41. The largest absolute Gasteiger partial charge is 0.342 e. The number of carbonyl (C=O) groups excluding carboxylic acids is 1. The molecule has 1 unspecified atom stereocenters. The van der Waals surface area contributed by atoms with Gasteiger partial charge in [0, 0.05) is 45.7 Å². The number of hydrogen-bond donors (Lipinski definition) is 1. The summed E-state index contributed by atoms with van der Waals surface area (Å²) < 4.78 is 0. The standard InChI is InChI=1S/C10H21N3O/c1-9(8-11)12-4-3-5-13(7-6-12)10(2)14/h9H,3-8,11H2,1-2H3. The minimum atomic E-state index is 0.187. The average Bonchev–Trinajstić information content (AvgIpc) is 2.41. The zero-order valence-corrected chi connectivity index (χ0v) is 9.20. The molecule has 1 aliphatic heterocycles. The highest BCUT2D eigenvalue weighted by atomic mass is 16.2. The number of rotatable bonds is 2. The van der Waals surface area contributed by atoms with E-state index in [2.05, 4.69) is 11.8 Å². The predicted molar refractivity (Wildman–Crippen MR) is 57.0 cm³/mol. The highest BCUT2D eigenvalue weighted by Gasteiger charge is 2.18. The molecule has 0 radical (unpaired) electrons. The Balaban J connectivity index is 2.44. The van der Waals surface area contributed by atoms with Crippen LogP contribution in [0, 0.1) is 0 Å². The summed E-state index contributed by atoms with van der Waals surface area (Å²) in [4.78, 5) is 15.5. The molecule has 2 N–H and O–H groups in total. The van der Waals surface area contributed by atoms with Crippen molar-refractivity contribution >= 4 is 5.91 Å². The van der Waals surface area contributed by atoms with Crippen molar-refractivity contribution in [3.63, 3.8) is 0 Å². The smallest absolute Gasteiger partial charge is 0.219 e. The number of nitrogens with two attached hydrogens (primary N) is 1. The van der Waals surface area contributed by atoms with E-state index in [1.54, 1.807) is 6.92 Å². The summed E-state index contributed by atoms with van der Waals surface area (Å²) in [5.41, 5.74) is 5.63. The number of carbonyl (C=O) groups is 1. The first-order chi connectivity index (χ1) is 6.65. The van der Waals surface area contributed by atoms with Gasteiger partial charge < -0.3 is 10.6 Å². The van der Waals surface area contributed by atoms with Crippen molar-refractivity contribution in [3.8, 4) is 0 Å². The van der Waals surface area contributed by atoms with Crippen LogP contribution in [0.25, 0.3) is 0 Å². The average molecular weight is 199 g/mol. The van der Waals surface area contributed by atoms with Crippen LogP contribution >= 0.6 is 0 Å². The maximum Gasteiger partial charge on any atom is 0.219 e. The zero-order chi connectivity index (χ0) is 10.6. The molecule has 1 saturated heterocycles. The van der Waals surface area contributed by atoms with E-state index in [1.807, 2.05) is 4.90 Å². The molecule has 0 aromatic heterocycles. The van der Waals surface area contributed by atoms with Crippen LogP contribution in [-0.2, 0) is 4.79 Å². The van der Waals surface area contributed by atoms with Crippen LogP contribution in [0.5, 0.6) is 0 Å². The van der Waals surface area contributed by atoms with E-state index >= 15 is 0 Å². The number of hydrogen-bond acceptors (Lipinski definition) is 3. The van der Waals surface area contributed by atoms with E-state index in [1.165, 1.54) is 0 Å². The van der Waals surface area contributed by atoms with Gasteiger partial charge in [0.05, 0.1) is 0 Å². The van der Waals surface area contributed by atoms with Crippen molar-refractivity contribution in [2.24, 2.45) is 5.73 Å². The molecule has 1 amide bonds. The molecular weight excluding hydrogens is 178 g/mol. The Hall–Kier alpha value is -0.610. The lowest BCUT2D eigenvalue weighted by Gasteiger charge is -2.26. The fourth-order valence-corrected chi connectivity index (χ4v) is 1.84. The van der Waals surface area contributed by atoms with Gasteiger partial charge in [-0.25, -0.2) is 0 Å². The van der Waals surface area contributed by atoms with E-state index in [0.29, 0.717) is 12.6 Å². The molecule has 1 heterocycles. The maximum absolute atomic E-state index is 11.2. The van der Waals surface area contributed by atoms with Gasteiger partial charge in [0.25, 0.3) is 0 Å². The Morgan fingerprint density at radius 1 is 1.36 bits per heavy atom. The molecule has 0 aromatic carbocycles. The maximum atomic E-state index is 11.2. The van der Waals surface area contributed by atoms with Gasteiger partial charge in [-0.2, -0.15) is 0 Å². The Bertz CT molecular complexity index is 196. The molecule has 0 aliphatic carbocycles. The third-order valence-corrected chi connectivity index (χ3v) is 2.94. The van der Waals surface area contributed by atoms with Gasteiger partial charge in [0.15, 0.2) is 0 Å². The number of nitrogens with zero attached hydrogens (tertiary/aromatic N) is 2. The van der Waals surface area contributed by atoms with Crippen LogP contribution in [0.1, 0.15) is 20.3 Å². The van der Waals surface area contributed by atoms with Gasteiger partial charge >= 0.3 is 0 Å². The summed E-state index contributed by atoms with van der Waals surface area (Å²) in [5, 5.41) is 0. The summed E-state index contributed by atoms with van der Waals surface area (Å²) in [6.07, 6.45) is 1.06. The SMILES string of the molecule is CC(=O)N1CCCN(C(C)CN)CC1. The van der Waals surface area contributed by atoms with Crippen molar-refractivity contribution in [2.45, 2.75) is 26.3 Å². The van der Waals surface area contributed by atoms with Crippen LogP contribution in [0.2, 0.25) is 0 Å². The lowest BCUT2D eigenvalue weighted by atomic mass is 10.2. The van der Waals surface area contributed by atoms with Gasteiger partial charge in [-0.15, -0.1) is 0 Å². The molecule has 0 saturated carbocycles. The Morgan fingerprint density at radius 3 is 2.64 bits per heavy atom. The first-order valence-corrected chi connectivity index (χ1v) is 5.34. The molecule has 1 atom stereocenters. The normalized spacial score (nSPS) is 21.8. The summed E-state index contributed by atoms with van der Waals surface area (Å²) in [7, 11) is 0. The van der Waals surface area contributed by atoms with Gasteiger partial charge in [-0.3, -0.25) is 9.69 Å². The Kier molecular flexibility index (Phi) is 4.35. The molecule has 0 bridgehead atoms. The van der Waals surface area contributed by atoms with Gasteiger partial charge in [0.2, 0.25) is 5.91 Å². The molecule has 0 aromatic rings. The van der Waals surface area contributed by atoms with Crippen LogP contribution in [0.15, 0.2) is 0 Å². The van der Waals surface area contributed by atoms with Gasteiger partial charge in [-0.05, 0) is 13.3 Å². The van der Waals surface area contributed by atoms with Crippen LogP contribution in [0.4, 0.5) is 0 Å². The zero-order valence-electron chi connectivity index (χ0n) is 9.20. The second-order valence-electron chi connectivity index (χ2n) is 3.98. The van der Waals surface area contributed by atoms with E-state index in [9.17, 15) is 4.79 Å². The first kappa shape index (κ1) is 11.5. The Labute approximate surface area is 86.0 Å².